The number of rotatable bonds is 4. The summed E-state index contributed by atoms with van der Waals surface area (Å²) in [6.07, 6.45) is 0.942. The van der Waals surface area contributed by atoms with E-state index in [4.69, 9.17) is 4.74 Å². The predicted octanol–water partition coefficient (Wildman–Crippen LogP) is 17.8. The fraction of sp³-hybridized carbons (Fsp3) is 0.0294. The summed E-state index contributed by atoms with van der Waals surface area (Å²) in [5.41, 5.74) is 27.7. The van der Waals surface area contributed by atoms with Crippen molar-refractivity contribution in [1.82, 2.24) is 0 Å². The maximum absolute atomic E-state index is 6.82. The summed E-state index contributed by atoms with van der Waals surface area (Å²) in [5.74, 6) is 1.69. The van der Waals surface area contributed by atoms with Gasteiger partial charge in [0.15, 0.2) is 0 Å². The summed E-state index contributed by atoms with van der Waals surface area (Å²) < 4.78 is 6.82. The van der Waals surface area contributed by atoms with E-state index in [1.807, 2.05) is 0 Å². The molecule has 1 spiro atoms. The third-order valence-electron chi connectivity index (χ3n) is 15.5. The van der Waals surface area contributed by atoms with Crippen molar-refractivity contribution >= 4 is 17.1 Å². The molecule has 326 valence electrons. The first-order chi connectivity index (χ1) is 34.7. The molecule has 2 nitrogen and oxygen atoms in total. The van der Waals surface area contributed by atoms with E-state index in [0.717, 1.165) is 57.2 Å². The van der Waals surface area contributed by atoms with E-state index >= 15 is 0 Å². The maximum Gasteiger partial charge on any atom is 0.135 e. The van der Waals surface area contributed by atoms with Gasteiger partial charge in [0.05, 0.1) is 5.41 Å². The minimum absolute atomic E-state index is 0.658. The molecule has 0 saturated heterocycles. The molecule has 15 rings (SSSR count). The maximum atomic E-state index is 6.82. The highest BCUT2D eigenvalue weighted by molar-refractivity contribution is 6.03. The van der Waals surface area contributed by atoms with Crippen molar-refractivity contribution in [3.8, 4) is 89.4 Å². The number of para-hydroxylation sites is 1. The highest BCUT2D eigenvalue weighted by Gasteiger charge is 2.51. The van der Waals surface area contributed by atoms with Crippen LogP contribution in [0.4, 0.5) is 17.1 Å². The van der Waals surface area contributed by atoms with Crippen LogP contribution in [0.25, 0.3) is 77.9 Å². The fourth-order valence-corrected chi connectivity index (χ4v) is 12.6. The van der Waals surface area contributed by atoms with Crippen LogP contribution in [0.5, 0.6) is 11.5 Å². The van der Waals surface area contributed by atoms with Crippen LogP contribution in [0.3, 0.4) is 0 Å². The summed E-state index contributed by atoms with van der Waals surface area (Å²) in [6, 6.07) is 92.3. The second kappa shape index (κ2) is 15.0. The van der Waals surface area contributed by atoms with E-state index in [-0.39, 0.29) is 0 Å². The highest BCUT2D eigenvalue weighted by Crippen LogP contribution is 2.64. The Morgan fingerprint density at radius 2 is 0.800 bits per heavy atom. The fourth-order valence-electron chi connectivity index (χ4n) is 12.6. The van der Waals surface area contributed by atoms with Crippen molar-refractivity contribution in [1.29, 1.82) is 0 Å². The van der Waals surface area contributed by atoms with Gasteiger partial charge in [-0.15, -0.1) is 0 Å². The molecule has 1 unspecified atom stereocenters. The zero-order chi connectivity index (χ0) is 45.9. The van der Waals surface area contributed by atoms with Gasteiger partial charge in [-0.05, 0) is 155 Å². The molecular formula is C68H43NO. The third-order valence-corrected chi connectivity index (χ3v) is 15.5. The summed E-state index contributed by atoms with van der Waals surface area (Å²) in [6.45, 7) is 0. The van der Waals surface area contributed by atoms with Crippen LogP contribution in [-0.4, -0.2) is 0 Å². The smallest absolute Gasteiger partial charge is 0.135 e. The van der Waals surface area contributed by atoms with E-state index in [1.165, 1.54) is 89.0 Å². The molecular weight excluding hydrogens is 847 g/mol. The topological polar surface area (TPSA) is 12.5 Å². The number of benzene rings is 11. The number of fused-ring (bicyclic) bond motifs is 21. The molecule has 1 atom stereocenters. The standard InChI is InChI=1S/C68H43NO/c1-2-16-43(17-3-1)44-30-33-47(34-31-44)69(48-36-39-65-59(41-48)54-23-9-8-22-53(54)57-25-12-15-29-64(57)70-65)49-35-37-56-52-21-7-6-20-51(52)55-24-10-13-27-60(55)68(63(56)42-49)61-28-14-11-26-58(61)67-62(68)38-32-46-40-45-18-4-5-19-50(45)66(46)67/h1-39,41-42H,40H2. The summed E-state index contributed by atoms with van der Waals surface area (Å²) >= 11 is 0. The first kappa shape index (κ1) is 39.1. The van der Waals surface area contributed by atoms with Gasteiger partial charge in [-0.25, -0.2) is 0 Å². The summed E-state index contributed by atoms with van der Waals surface area (Å²) in [7, 11) is 0. The number of anilines is 3. The number of hydrogen-bond donors (Lipinski definition) is 0. The molecule has 0 N–H and O–H groups in total. The van der Waals surface area contributed by atoms with Crippen LogP contribution in [0, 0.1) is 0 Å². The average molecular weight is 890 g/mol. The minimum atomic E-state index is -0.658. The Balaban J connectivity index is 1.02. The summed E-state index contributed by atoms with van der Waals surface area (Å²) in [4.78, 5) is 2.45. The van der Waals surface area contributed by atoms with Crippen LogP contribution >= 0.6 is 0 Å². The second-order valence-corrected chi connectivity index (χ2v) is 19.0. The first-order valence-electron chi connectivity index (χ1n) is 24.4. The van der Waals surface area contributed by atoms with Crippen molar-refractivity contribution in [3.63, 3.8) is 0 Å². The normalized spacial score (nSPS) is 14.7. The van der Waals surface area contributed by atoms with Crippen LogP contribution in [0.2, 0.25) is 0 Å². The lowest BCUT2D eigenvalue weighted by Crippen LogP contribution is -2.29. The molecule has 11 aromatic rings. The van der Waals surface area contributed by atoms with Gasteiger partial charge >= 0.3 is 0 Å². The largest absolute Gasteiger partial charge is 0.456 e. The monoisotopic (exact) mass is 889 g/mol. The van der Waals surface area contributed by atoms with Crippen molar-refractivity contribution in [3.05, 3.63) is 282 Å². The second-order valence-electron chi connectivity index (χ2n) is 19.0. The van der Waals surface area contributed by atoms with Gasteiger partial charge in [0.1, 0.15) is 11.5 Å². The Morgan fingerprint density at radius 1 is 0.286 bits per heavy atom. The zero-order valence-corrected chi connectivity index (χ0v) is 38.2. The molecule has 0 radical (unpaired) electrons. The Kier molecular flexibility index (Phi) is 8.38. The molecule has 0 aromatic heterocycles. The molecule has 1 heterocycles. The Labute approximate surface area is 408 Å². The van der Waals surface area contributed by atoms with Gasteiger partial charge in [-0.3, -0.25) is 0 Å². The molecule has 0 bridgehead atoms. The molecule has 0 fully saturated rings. The molecule has 4 aliphatic rings. The Bertz CT molecular complexity index is 3960. The van der Waals surface area contributed by atoms with Crippen LogP contribution < -0.4 is 9.64 Å². The Morgan fingerprint density at radius 3 is 1.56 bits per heavy atom. The van der Waals surface area contributed by atoms with Crippen LogP contribution in [-0.2, 0) is 11.8 Å². The van der Waals surface area contributed by atoms with Gasteiger partial charge in [0.2, 0.25) is 0 Å². The van der Waals surface area contributed by atoms with Crippen LogP contribution in [0.1, 0.15) is 33.4 Å². The molecule has 70 heavy (non-hydrogen) atoms. The van der Waals surface area contributed by atoms with Gasteiger partial charge in [-0.1, -0.05) is 200 Å². The number of ether oxygens (including phenoxy) is 1. The lowest BCUT2D eigenvalue weighted by molar-refractivity contribution is 0.488. The van der Waals surface area contributed by atoms with E-state index < -0.39 is 5.41 Å². The molecule has 11 aromatic carbocycles. The van der Waals surface area contributed by atoms with Crippen molar-refractivity contribution < 1.29 is 4.74 Å². The van der Waals surface area contributed by atoms with Crippen LogP contribution in [0.15, 0.2) is 249 Å². The molecule has 0 amide bonds. The zero-order valence-electron chi connectivity index (χ0n) is 38.2. The molecule has 2 heteroatoms. The van der Waals surface area contributed by atoms with Gasteiger partial charge < -0.3 is 9.64 Å². The van der Waals surface area contributed by atoms with Gasteiger partial charge in [-0.2, -0.15) is 0 Å². The number of hydrogen-bond acceptors (Lipinski definition) is 2. The first-order valence-corrected chi connectivity index (χ1v) is 24.4. The molecule has 0 saturated carbocycles. The van der Waals surface area contributed by atoms with Gasteiger partial charge in [0, 0.05) is 28.2 Å². The predicted molar refractivity (Wildman–Crippen MR) is 287 cm³/mol. The summed E-state index contributed by atoms with van der Waals surface area (Å²) in [5, 5.41) is 0. The van der Waals surface area contributed by atoms with Crippen molar-refractivity contribution in [2.24, 2.45) is 0 Å². The quantitative estimate of drug-likeness (QED) is 0.175. The SMILES string of the molecule is c1ccc(-c2ccc(N(c3ccc4c(c3)-c3ccccc3-c3ccccc3O4)c3ccc4c(c3)C3(c5ccccc5-c5ccccc5-4)c4ccccc4-c4c3ccc3c4-c4ccccc4C3)cc2)cc1. The van der Waals surface area contributed by atoms with E-state index in [1.54, 1.807) is 0 Å². The third kappa shape index (κ3) is 5.50. The highest BCUT2D eigenvalue weighted by atomic mass is 16.5. The van der Waals surface area contributed by atoms with E-state index in [9.17, 15) is 0 Å². The van der Waals surface area contributed by atoms with Crippen molar-refractivity contribution in [2.45, 2.75) is 11.8 Å². The lowest BCUT2D eigenvalue weighted by atomic mass is 9.65. The van der Waals surface area contributed by atoms with Crippen molar-refractivity contribution in [2.75, 3.05) is 4.90 Å². The molecule has 3 aliphatic carbocycles. The lowest BCUT2D eigenvalue weighted by Gasteiger charge is -2.36. The molecule has 1 aliphatic heterocycles. The number of nitrogens with zero attached hydrogens (tertiary/aromatic N) is 1. The van der Waals surface area contributed by atoms with E-state index in [0.29, 0.717) is 0 Å². The van der Waals surface area contributed by atoms with Gasteiger partial charge in [0.25, 0.3) is 0 Å². The average Bonchev–Trinajstić information content (AvgIpc) is 3.87. The minimum Gasteiger partial charge on any atom is -0.456 e. The van der Waals surface area contributed by atoms with E-state index in [2.05, 4.69) is 254 Å². The Hall–Kier alpha value is -8.98.